The lowest BCUT2D eigenvalue weighted by atomic mass is 10.1. The molecule has 3 heterocycles. The van der Waals surface area contributed by atoms with Crippen LogP contribution in [0, 0.1) is 20.8 Å². The molecule has 0 fully saturated rings. The van der Waals surface area contributed by atoms with E-state index in [2.05, 4.69) is 34.0 Å². The Balaban J connectivity index is 1.70. The normalized spacial score (nSPS) is 11.3. The molecule has 24 heavy (non-hydrogen) atoms. The fourth-order valence-corrected chi connectivity index (χ4v) is 4.34. The third-order valence-corrected chi connectivity index (χ3v) is 5.74. The molecule has 7 heteroatoms. The van der Waals surface area contributed by atoms with Gasteiger partial charge in [-0.1, -0.05) is 17.7 Å². The van der Waals surface area contributed by atoms with E-state index in [1.807, 2.05) is 31.2 Å². The molecule has 0 spiro atoms. The minimum Gasteiger partial charge on any atom is -0.411 e. The maximum absolute atomic E-state index is 5.81. The van der Waals surface area contributed by atoms with Crippen LogP contribution in [0.25, 0.3) is 21.7 Å². The van der Waals surface area contributed by atoms with Crippen LogP contribution in [0.1, 0.15) is 16.0 Å². The molecular weight excluding hydrogens is 340 g/mol. The fraction of sp³-hybridized carbons (Fsp3) is 0.176. The molecule has 0 N–H and O–H groups in total. The lowest BCUT2D eigenvalue weighted by Crippen LogP contribution is -1.85. The van der Waals surface area contributed by atoms with Crippen LogP contribution in [0.2, 0.25) is 0 Å². The van der Waals surface area contributed by atoms with Crippen molar-refractivity contribution in [3.05, 3.63) is 46.6 Å². The average Bonchev–Trinajstić information content (AvgIpc) is 3.14. The Hall–Kier alpha value is -2.25. The van der Waals surface area contributed by atoms with Crippen LogP contribution in [-0.4, -0.2) is 20.2 Å². The van der Waals surface area contributed by atoms with Crippen molar-refractivity contribution in [2.75, 3.05) is 0 Å². The maximum Gasteiger partial charge on any atom is 0.283 e. The molecule has 4 aromatic rings. The second kappa shape index (κ2) is 5.99. The highest BCUT2D eigenvalue weighted by molar-refractivity contribution is 7.99. The smallest absolute Gasteiger partial charge is 0.283 e. The van der Waals surface area contributed by atoms with Crippen LogP contribution in [-0.2, 0) is 0 Å². The molecule has 3 aromatic heterocycles. The molecule has 0 saturated heterocycles. The van der Waals surface area contributed by atoms with E-state index in [9.17, 15) is 0 Å². The van der Waals surface area contributed by atoms with Gasteiger partial charge in [0.25, 0.3) is 5.22 Å². The van der Waals surface area contributed by atoms with Gasteiger partial charge >= 0.3 is 0 Å². The Bertz CT molecular complexity index is 1040. The van der Waals surface area contributed by atoms with Gasteiger partial charge in [-0.05, 0) is 50.2 Å². The van der Waals surface area contributed by atoms with Crippen molar-refractivity contribution < 1.29 is 4.42 Å². The Morgan fingerprint density at radius 1 is 1.08 bits per heavy atom. The van der Waals surface area contributed by atoms with Gasteiger partial charge in [0.05, 0.1) is 0 Å². The van der Waals surface area contributed by atoms with Crippen LogP contribution < -0.4 is 0 Å². The van der Waals surface area contributed by atoms with Gasteiger partial charge < -0.3 is 4.42 Å². The summed E-state index contributed by atoms with van der Waals surface area (Å²) in [5.74, 6) is 0.518. The van der Waals surface area contributed by atoms with Gasteiger partial charge in [0, 0.05) is 15.8 Å². The standard InChI is InChI=1S/C17H14N4OS2/c1-9-5-4-6-12(7-9)14-20-21-17(22-14)24-16-13-10(2)11(3)23-15(13)18-8-19-16/h4-8H,1-3H3. The number of aryl methyl sites for hydroxylation is 3. The van der Waals surface area contributed by atoms with E-state index in [0.717, 1.165) is 26.4 Å². The number of hydrogen-bond donors (Lipinski definition) is 0. The SMILES string of the molecule is Cc1cccc(-c2nnc(Sc3ncnc4sc(C)c(C)c34)o2)c1. The molecule has 0 atom stereocenters. The first-order chi connectivity index (χ1) is 11.6. The third-order valence-electron chi connectivity index (χ3n) is 3.79. The maximum atomic E-state index is 5.81. The summed E-state index contributed by atoms with van der Waals surface area (Å²) in [6.45, 7) is 6.22. The van der Waals surface area contributed by atoms with E-state index in [1.54, 1.807) is 17.7 Å². The first-order valence-electron chi connectivity index (χ1n) is 7.41. The summed E-state index contributed by atoms with van der Waals surface area (Å²) in [4.78, 5) is 11.0. The summed E-state index contributed by atoms with van der Waals surface area (Å²) < 4.78 is 5.81. The van der Waals surface area contributed by atoms with Crippen LogP contribution in [0.5, 0.6) is 0 Å². The van der Waals surface area contributed by atoms with Crippen molar-refractivity contribution in [2.24, 2.45) is 0 Å². The van der Waals surface area contributed by atoms with E-state index >= 15 is 0 Å². The number of hydrogen-bond acceptors (Lipinski definition) is 7. The minimum atomic E-state index is 0.481. The molecule has 0 saturated carbocycles. The van der Waals surface area contributed by atoms with Gasteiger partial charge in [0.15, 0.2) is 0 Å². The zero-order chi connectivity index (χ0) is 16.7. The molecular formula is C17H14N4OS2. The van der Waals surface area contributed by atoms with Gasteiger partial charge in [-0.25, -0.2) is 9.97 Å². The van der Waals surface area contributed by atoms with Crippen LogP contribution in [0.4, 0.5) is 0 Å². The lowest BCUT2D eigenvalue weighted by molar-refractivity contribution is 0.465. The number of fused-ring (bicyclic) bond motifs is 1. The van der Waals surface area contributed by atoms with Crippen LogP contribution >= 0.6 is 23.1 Å². The molecule has 0 aliphatic rings. The van der Waals surface area contributed by atoms with E-state index in [1.165, 1.54) is 22.2 Å². The fourth-order valence-electron chi connectivity index (χ4n) is 2.46. The van der Waals surface area contributed by atoms with Gasteiger partial charge in [-0.3, -0.25) is 0 Å². The number of aromatic nitrogens is 4. The van der Waals surface area contributed by atoms with E-state index in [0.29, 0.717) is 11.1 Å². The van der Waals surface area contributed by atoms with Gasteiger partial charge in [0.2, 0.25) is 5.89 Å². The predicted molar refractivity (Wildman–Crippen MR) is 95.5 cm³/mol. The molecule has 1 aromatic carbocycles. The highest BCUT2D eigenvalue weighted by Crippen LogP contribution is 2.37. The number of nitrogens with zero attached hydrogens (tertiary/aromatic N) is 4. The molecule has 0 unspecified atom stereocenters. The number of rotatable bonds is 3. The largest absolute Gasteiger partial charge is 0.411 e. The predicted octanol–water partition coefficient (Wildman–Crippen LogP) is 4.82. The first kappa shape index (κ1) is 15.3. The average molecular weight is 354 g/mol. The number of thiophene rings is 1. The van der Waals surface area contributed by atoms with Gasteiger partial charge in [-0.2, -0.15) is 0 Å². The summed E-state index contributed by atoms with van der Waals surface area (Å²) in [6.07, 6.45) is 1.58. The van der Waals surface area contributed by atoms with Crippen LogP contribution in [0.15, 0.2) is 45.3 Å². The summed E-state index contributed by atoms with van der Waals surface area (Å²) >= 11 is 3.06. The summed E-state index contributed by atoms with van der Waals surface area (Å²) in [5.41, 5.74) is 3.28. The molecule has 0 bridgehead atoms. The highest BCUT2D eigenvalue weighted by Gasteiger charge is 2.16. The Morgan fingerprint density at radius 3 is 2.79 bits per heavy atom. The summed E-state index contributed by atoms with van der Waals surface area (Å²) in [7, 11) is 0. The van der Waals surface area contributed by atoms with Crippen molar-refractivity contribution in [2.45, 2.75) is 31.0 Å². The van der Waals surface area contributed by atoms with E-state index in [-0.39, 0.29) is 0 Å². The minimum absolute atomic E-state index is 0.481. The molecule has 0 aliphatic carbocycles. The van der Waals surface area contributed by atoms with Crippen molar-refractivity contribution >= 4 is 33.3 Å². The molecule has 5 nitrogen and oxygen atoms in total. The zero-order valence-electron chi connectivity index (χ0n) is 13.4. The van der Waals surface area contributed by atoms with Gasteiger partial charge in [0.1, 0.15) is 16.2 Å². The van der Waals surface area contributed by atoms with Crippen molar-refractivity contribution in [1.29, 1.82) is 0 Å². The lowest BCUT2D eigenvalue weighted by Gasteiger charge is -1.99. The second-order valence-electron chi connectivity index (χ2n) is 5.49. The third kappa shape index (κ3) is 2.70. The molecule has 0 aliphatic heterocycles. The van der Waals surface area contributed by atoms with Gasteiger partial charge in [-0.15, -0.1) is 21.5 Å². The van der Waals surface area contributed by atoms with Crippen LogP contribution in [0.3, 0.4) is 0 Å². The second-order valence-corrected chi connectivity index (χ2v) is 7.63. The topological polar surface area (TPSA) is 64.7 Å². The number of benzene rings is 1. The highest BCUT2D eigenvalue weighted by atomic mass is 32.2. The Kier molecular flexibility index (Phi) is 3.82. The first-order valence-corrected chi connectivity index (χ1v) is 9.04. The van der Waals surface area contributed by atoms with E-state index < -0.39 is 0 Å². The molecule has 0 amide bonds. The van der Waals surface area contributed by atoms with Crippen molar-refractivity contribution in [3.63, 3.8) is 0 Å². The van der Waals surface area contributed by atoms with E-state index in [4.69, 9.17) is 4.42 Å². The van der Waals surface area contributed by atoms with Crippen molar-refractivity contribution in [3.8, 4) is 11.5 Å². The Labute approximate surface area is 147 Å². The Morgan fingerprint density at radius 2 is 1.96 bits per heavy atom. The summed E-state index contributed by atoms with van der Waals surface area (Å²) in [6, 6.07) is 8.00. The quantitative estimate of drug-likeness (QED) is 0.492. The summed E-state index contributed by atoms with van der Waals surface area (Å²) in [5, 5.41) is 10.7. The molecule has 120 valence electrons. The van der Waals surface area contributed by atoms with Crippen molar-refractivity contribution in [1.82, 2.24) is 20.2 Å². The monoisotopic (exact) mass is 354 g/mol. The zero-order valence-corrected chi connectivity index (χ0v) is 15.0. The molecule has 4 rings (SSSR count). The molecule has 0 radical (unpaired) electrons.